The standard InChI is InChI=1S/C21H27BrF2N2O3S2Si/c1-32(2,3)7-6-29-12-26(19(27)28)18-25-20(10-23,14-8-13(22)4-5-16(14)24)17-15-9-30-11-21(15,17)31-18/h4-5,8,15,17H,6-7,9-12H2,1-3H3,(H,27,28)/t15?,17-,20+,21-/m0/s1. The zero-order chi connectivity index (χ0) is 23.3. The quantitative estimate of drug-likeness (QED) is 0.254. The fraction of sp³-hybridized carbons (Fsp3) is 0.619. The summed E-state index contributed by atoms with van der Waals surface area (Å²) >= 11 is 6.54. The molecular weight excluding hydrogens is 538 g/mol. The van der Waals surface area contributed by atoms with Gasteiger partial charge in [0.1, 0.15) is 24.8 Å². The van der Waals surface area contributed by atoms with E-state index in [0.717, 1.165) is 22.4 Å². The van der Waals surface area contributed by atoms with Gasteiger partial charge in [-0.1, -0.05) is 47.3 Å². The van der Waals surface area contributed by atoms with Crippen molar-refractivity contribution >= 4 is 58.8 Å². The molecule has 176 valence electrons. The number of hydrogen-bond donors (Lipinski definition) is 1. The minimum Gasteiger partial charge on any atom is -0.465 e. The molecule has 2 aliphatic heterocycles. The highest BCUT2D eigenvalue weighted by Crippen LogP contribution is 2.75. The molecule has 1 aromatic rings. The lowest BCUT2D eigenvalue weighted by Crippen LogP contribution is -2.45. The fourth-order valence-electron chi connectivity index (χ4n) is 4.69. The van der Waals surface area contributed by atoms with Crippen LogP contribution in [0.15, 0.2) is 27.7 Å². The molecule has 5 nitrogen and oxygen atoms in total. The molecule has 32 heavy (non-hydrogen) atoms. The first-order valence-electron chi connectivity index (χ1n) is 10.5. The van der Waals surface area contributed by atoms with Crippen molar-refractivity contribution in [3.63, 3.8) is 0 Å². The minimum absolute atomic E-state index is 0.163. The molecule has 1 saturated carbocycles. The highest BCUT2D eigenvalue weighted by Gasteiger charge is 2.77. The summed E-state index contributed by atoms with van der Waals surface area (Å²) in [6.45, 7) is 6.06. The lowest BCUT2D eigenvalue weighted by atomic mass is 9.84. The lowest BCUT2D eigenvalue weighted by Gasteiger charge is -2.38. The third-order valence-electron chi connectivity index (χ3n) is 6.44. The summed E-state index contributed by atoms with van der Waals surface area (Å²) in [4.78, 5) is 17.9. The van der Waals surface area contributed by atoms with Crippen molar-refractivity contribution in [1.29, 1.82) is 0 Å². The van der Waals surface area contributed by atoms with Crippen molar-refractivity contribution in [3.8, 4) is 0 Å². The van der Waals surface area contributed by atoms with Gasteiger partial charge in [0, 0.05) is 41.1 Å². The number of carboxylic acid groups (broad SMARTS) is 1. The molecule has 1 amide bonds. The van der Waals surface area contributed by atoms with Crippen molar-refractivity contribution in [2.45, 2.75) is 36.0 Å². The second kappa shape index (κ2) is 8.87. The zero-order valence-electron chi connectivity index (χ0n) is 18.2. The van der Waals surface area contributed by atoms with Crippen LogP contribution in [0.5, 0.6) is 0 Å². The van der Waals surface area contributed by atoms with E-state index in [1.54, 1.807) is 23.9 Å². The van der Waals surface area contributed by atoms with E-state index in [9.17, 15) is 18.7 Å². The van der Waals surface area contributed by atoms with E-state index in [2.05, 4.69) is 40.6 Å². The van der Waals surface area contributed by atoms with Crippen molar-refractivity contribution in [1.82, 2.24) is 4.90 Å². The van der Waals surface area contributed by atoms with Crippen LogP contribution in [0.25, 0.3) is 0 Å². The molecule has 0 radical (unpaired) electrons. The van der Waals surface area contributed by atoms with Crippen LogP contribution >= 0.6 is 39.5 Å². The Hall–Kier alpha value is -0.623. The van der Waals surface area contributed by atoms with E-state index in [1.807, 2.05) is 0 Å². The summed E-state index contributed by atoms with van der Waals surface area (Å²) in [6.07, 6.45) is -1.20. The number of fused-ring (bicyclic) bond motifs is 1. The smallest absolute Gasteiger partial charge is 0.415 e. The molecule has 3 aliphatic rings. The maximum Gasteiger partial charge on any atom is 0.415 e. The van der Waals surface area contributed by atoms with Crippen LogP contribution < -0.4 is 0 Å². The second-order valence-electron chi connectivity index (χ2n) is 9.79. The lowest BCUT2D eigenvalue weighted by molar-refractivity contribution is 0.0699. The Bertz CT molecular complexity index is 950. The number of hydrogen-bond acceptors (Lipinski definition) is 5. The number of rotatable bonds is 7. The van der Waals surface area contributed by atoms with Crippen molar-refractivity contribution in [3.05, 3.63) is 34.1 Å². The number of halogens is 3. The first-order chi connectivity index (χ1) is 15.0. The number of carbonyl (C=O) groups is 1. The Morgan fingerprint density at radius 2 is 2.19 bits per heavy atom. The molecular formula is C21H27BrF2N2O3S2Si. The Morgan fingerprint density at radius 1 is 1.44 bits per heavy atom. The Morgan fingerprint density at radius 3 is 2.84 bits per heavy atom. The summed E-state index contributed by atoms with van der Waals surface area (Å²) in [5, 5.41) is 10.1. The van der Waals surface area contributed by atoms with Crippen LogP contribution in [-0.2, 0) is 10.3 Å². The number of amides is 1. The average Bonchev–Trinajstić information content (AvgIpc) is 3.18. The van der Waals surface area contributed by atoms with Crippen LogP contribution in [0, 0.1) is 17.7 Å². The second-order valence-corrected chi connectivity index (χ2v) is 18.7. The van der Waals surface area contributed by atoms with E-state index in [4.69, 9.17) is 4.74 Å². The first-order valence-corrected chi connectivity index (χ1v) is 17.0. The van der Waals surface area contributed by atoms with Crippen molar-refractivity contribution < 1.29 is 23.4 Å². The largest absolute Gasteiger partial charge is 0.465 e. The van der Waals surface area contributed by atoms with Gasteiger partial charge in [-0.2, -0.15) is 11.8 Å². The van der Waals surface area contributed by atoms with Gasteiger partial charge in [0.15, 0.2) is 5.17 Å². The Labute approximate surface area is 204 Å². The van der Waals surface area contributed by atoms with E-state index < -0.39 is 32.2 Å². The molecule has 1 spiro atoms. The monoisotopic (exact) mass is 564 g/mol. The molecule has 0 aromatic heterocycles. The first kappa shape index (κ1) is 24.5. The van der Waals surface area contributed by atoms with Gasteiger partial charge < -0.3 is 9.84 Å². The molecule has 0 bridgehead atoms. The molecule has 11 heteroatoms. The highest BCUT2D eigenvalue weighted by molar-refractivity contribution is 9.10. The summed E-state index contributed by atoms with van der Waals surface area (Å²) in [7, 11) is -1.33. The molecule has 1 aliphatic carbocycles. The van der Waals surface area contributed by atoms with Gasteiger partial charge in [-0.3, -0.25) is 0 Å². The maximum absolute atomic E-state index is 15.0. The summed E-state index contributed by atoms with van der Waals surface area (Å²) in [5.74, 6) is 1.09. The van der Waals surface area contributed by atoms with Crippen LogP contribution in [0.1, 0.15) is 5.56 Å². The predicted octanol–water partition coefficient (Wildman–Crippen LogP) is 5.88. The van der Waals surface area contributed by atoms with Gasteiger partial charge in [0.05, 0.1) is 0 Å². The number of alkyl halides is 1. The van der Waals surface area contributed by atoms with Crippen LogP contribution in [0.4, 0.5) is 13.6 Å². The van der Waals surface area contributed by atoms with Gasteiger partial charge in [-0.15, -0.1) is 0 Å². The molecule has 4 rings (SSSR count). The van der Waals surface area contributed by atoms with Gasteiger partial charge >= 0.3 is 6.09 Å². The molecule has 2 fully saturated rings. The zero-order valence-corrected chi connectivity index (χ0v) is 22.5. The highest BCUT2D eigenvalue weighted by atomic mass is 79.9. The van der Waals surface area contributed by atoms with E-state index in [1.165, 1.54) is 17.8 Å². The number of nitrogens with zero attached hydrogens (tertiary/aromatic N) is 2. The van der Waals surface area contributed by atoms with E-state index in [-0.39, 0.29) is 34.0 Å². The van der Waals surface area contributed by atoms with Crippen LogP contribution in [0.3, 0.4) is 0 Å². The topological polar surface area (TPSA) is 62.1 Å². The van der Waals surface area contributed by atoms with Crippen molar-refractivity contribution in [2.24, 2.45) is 16.8 Å². The maximum atomic E-state index is 15.0. The van der Waals surface area contributed by atoms with Gasteiger partial charge in [-0.25, -0.2) is 23.5 Å². The number of aliphatic imine (C=N–C) groups is 1. The van der Waals surface area contributed by atoms with Crippen molar-refractivity contribution in [2.75, 3.05) is 31.5 Å². The molecule has 4 atom stereocenters. The fourth-order valence-corrected chi connectivity index (χ4v) is 9.56. The summed E-state index contributed by atoms with van der Waals surface area (Å²) < 4.78 is 35.9. The number of benzene rings is 1. The molecule has 1 unspecified atom stereocenters. The molecule has 1 aromatic carbocycles. The summed E-state index contributed by atoms with van der Waals surface area (Å²) in [6, 6.07) is 5.36. The van der Waals surface area contributed by atoms with Gasteiger partial charge in [0.25, 0.3) is 0 Å². The third-order valence-corrected chi connectivity index (χ3v) is 11.7. The minimum atomic E-state index is -1.44. The number of thioether (sulfide) groups is 2. The van der Waals surface area contributed by atoms with Crippen LogP contribution in [0.2, 0.25) is 25.7 Å². The van der Waals surface area contributed by atoms with Gasteiger partial charge in [-0.05, 0) is 35.9 Å². The normalized spacial score (nSPS) is 31.0. The summed E-state index contributed by atoms with van der Waals surface area (Å²) in [5.41, 5.74) is -1.26. The average molecular weight is 566 g/mol. The molecule has 1 saturated heterocycles. The van der Waals surface area contributed by atoms with E-state index in [0.29, 0.717) is 11.1 Å². The number of ether oxygens (including phenoxy) is 1. The Balaban J connectivity index is 1.70. The SMILES string of the molecule is C[Si](C)(C)CCOCN(C(=O)O)C1=N[C@](CF)(c2cc(Br)ccc2F)[C@@H]2C3CSC[C@]32S1. The predicted molar refractivity (Wildman–Crippen MR) is 133 cm³/mol. The number of amidine groups is 1. The van der Waals surface area contributed by atoms with Crippen LogP contribution in [-0.4, -0.2) is 65.6 Å². The molecule has 2 heterocycles. The van der Waals surface area contributed by atoms with E-state index >= 15 is 0 Å². The third kappa shape index (κ3) is 4.28. The molecule has 1 N–H and O–H groups in total. The van der Waals surface area contributed by atoms with Gasteiger partial charge in [0.2, 0.25) is 0 Å². The Kier molecular flexibility index (Phi) is 6.79.